The number of rotatable bonds is 6. The van der Waals surface area contributed by atoms with Gasteiger partial charge < -0.3 is 15.1 Å². The second-order valence-electron chi connectivity index (χ2n) is 6.96. The smallest absolute Gasteiger partial charge is 0.0367 e. The van der Waals surface area contributed by atoms with Gasteiger partial charge in [0.25, 0.3) is 0 Å². The summed E-state index contributed by atoms with van der Waals surface area (Å²) in [6.45, 7) is 3.35. The van der Waals surface area contributed by atoms with Crippen molar-refractivity contribution in [1.82, 2.24) is 10.2 Å². The van der Waals surface area contributed by atoms with Crippen molar-refractivity contribution in [3.63, 3.8) is 0 Å². The van der Waals surface area contributed by atoms with Gasteiger partial charge in [-0.25, -0.2) is 0 Å². The lowest BCUT2D eigenvalue weighted by atomic mass is 9.95. The van der Waals surface area contributed by atoms with E-state index in [1.807, 2.05) is 0 Å². The molecule has 21 heavy (non-hydrogen) atoms. The Bertz CT molecular complexity index is 473. The zero-order valence-corrected chi connectivity index (χ0v) is 13.7. The first kappa shape index (κ1) is 14.9. The van der Waals surface area contributed by atoms with Gasteiger partial charge in [0.1, 0.15) is 0 Å². The van der Waals surface area contributed by atoms with Crippen molar-refractivity contribution in [2.75, 3.05) is 45.7 Å². The quantitative estimate of drug-likeness (QED) is 0.868. The van der Waals surface area contributed by atoms with Crippen LogP contribution in [0.3, 0.4) is 0 Å². The van der Waals surface area contributed by atoms with Crippen molar-refractivity contribution in [3.05, 3.63) is 29.3 Å². The minimum atomic E-state index is 0.586. The molecule has 1 aromatic carbocycles. The van der Waals surface area contributed by atoms with Crippen LogP contribution in [0.5, 0.6) is 0 Å². The van der Waals surface area contributed by atoms with Crippen molar-refractivity contribution >= 4 is 5.69 Å². The van der Waals surface area contributed by atoms with Crippen LogP contribution in [0.4, 0.5) is 5.69 Å². The molecule has 0 spiro atoms. The summed E-state index contributed by atoms with van der Waals surface area (Å²) in [7, 11) is 6.48. The Morgan fingerprint density at radius 2 is 1.86 bits per heavy atom. The van der Waals surface area contributed by atoms with E-state index in [1.54, 1.807) is 11.1 Å². The molecule has 1 aromatic rings. The number of nitrogens with one attached hydrogen (secondary N) is 1. The summed E-state index contributed by atoms with van der Waals surface area (Å²) in [5.74, 6) is 0.837. The average Bonchev–Trinajstić information content (AvgIpc) is 3.18. The molecule has 1 heterocycles. The van der Waals surface area contributed by atoms with E-state index in [0.717, 1.165) is 19.0 Å². The fraction of sp³-hybridized carbons (Fsp3) is 0.667. The summed E-state index contributed by atoms with van der Waals surface area (Å²) in [5, 5.41) is 3.69. The fourth-order valence-electron chi connectivity index (χ4n) is 3.30. The van der Waals surface area contributed by atoms with Gasteiger partial charge >= 0.3 is 0 Å². The SMILES string of the molecule is CN(C)CCN(C)c1ccc(C2CC2)c(C2CCCN2)c1. The van der Waals surface area contributed by atoms with Crippen LogP contribution in [0.1, 0.15) is 48.8 Å². The predicted molar refractivity (Wildman–Crippen MR) is 90.2 cm³/mol. The van der Waals surface area contributed by atoms with Crippen LogP contribution in [-0.4, -0.2) is 45.7 Å². The minimum absolute atomic E-state index is 0.586. The first-order valence-electron chi connectivity index (χ1n) is 8.38. The van der Waals surface area contributed by atoms with Crippen molar-refractivity contribution in [1.29, 1.82) is 0 Å². The van der Waals surface area contributed by atoms with E-state index < -0.39 is 0 Å². The summed E-state index contributed by atoms with van der Waals surface area (Å²) < 4.78 is 0. The molecule has 1 N–H and O–H groups in total. The standard InChI is InChI=1S/C18H29N3/c1-20(2)11-12-21(3)15-8-9-16(14-6-7-14)17(13-15)18-5-4-10-19-18/h8-9,13-14,18-19H,4-7,10-12H2,1-3H3. The highest BCUT2D eigenvalue weighted by molar-refractivity contribution is 5.53. The molecule has 1 atom stereocenters. The zero-order valence-electron chi connectivity index (χ0n) is 13.7. The van der Waals surface area contributed by atoms with E-state index in [0.29, 0.717) is 6.04 Å². The van der Waals surface area contributed by atoms with Gasteiger partial charge in [-0.3, -0.25) is 0 Å². The maximum Gasteiger partial charge on any atom is 0.0367 e. The van der Waals surface area contributed by atoms with E-state index >= 15 is 0 Å². The Hall–Kier alpha value is -1.06. The Balaban J connectivity index is 1.80. The van der Waals surface area contributed by atoms with Crippen LogP contribution in [-0.2, 0) is 0 Å². The van der Waals surface area contributed by atoms with Crippen LogP contribution >= 0.6 is 0 Å². The molecule has 1 unspecified atom stereocenters. The summed E-state index contributed by atoms with van der Waals surface area (Å²) in [5.41, 5.74) is 4.55. The summed E-state index contributed by atoms with van der Waals surface area (Å²) in [6, 6.07) is 7.76. The second kappa shape index (κ2) is 6.37. The van der Waals surface area contributed by atoms with E-state index in [9.17, 15) is 0 Å². The van der Waals surface area contributed by atoms with Crippen molar-refractivity contribution in [3.8, 4) is 0 Å². The van der Waals surface area contributed by atoms with Crippen LogP contribution < -0.4 is 10.2 Å². The van der Waals surface area contributed by atoms with Gasteiger partial charge in [-0.2, -0.15) is 0 Å². The van der Waals surface area contributed by atoms with Gasteiger partial charge in [-0.15, -0.1) is 0 Å². The molecule has 3 rings (SSSR count). The molecular formula is C18H29N3. The molecule has 3 nitrogen and oxygen atoms in total. The van der Waals surface area contributed by atoms with Gasteiger partial charge in [-0.1, -0.05) is 6.07 Å². The maximum atomic E-state index is 3.69. The predicted octanol–water partition coefficient (Wildman–Crippen LogP) is 2.99. The Morgan fingerprint density at radius 3 is 2.48 bits per heavy atom. The van der Waals surface area contributed by atoms with Gasteiger partial charge in [0.2, 0.25) is 0 Å². The molecule has 1 saturated carbocycles. The number of benzene rings is 1. The summed E-state index contributed by atoms with van der Waals surface area (Å²) in [6.07, 6.45) is 5.38. The molecule has 116 valence electrons. The molecule has 0 amide bonds. The molecule has 1 saturated heterocycles. The lowest BCUT2D eigenvalue weighted by Gasteiger charge is -2.24. The number of nitrogens with zero attached hydrogens (tertiary/aromatic N) is 2. The number of hydrogen-bond donors (Lipinski definition) is 1. The molecule has 2 fully saturated rings. The molecule has 1 aliphatic heterocycles. The molecular weight excluding hydrogens is 258 g/mol. The highest BCUT2D eigenvalue weighted by Crippen LogP contribution is 2.44. The molecule has 0 radical (unpaired) electrons. The van der Waals surface area contributed by atoms with Gasteiger partial charge in [-0.05, 0) is 75.5 Å². The van der Waals surface area contributed by atoms with Crippen LogP contribution in [0.15, 0.2) is 18.2 Å². The van der Waals surface area contributed by atoms with Gasteiger partial charge in [0, 0.05) is 31.9 Å². The number of hydrogen-bond acceptors (Lipinski definition) is 3. The van der Waals surface area contributed by atoms with Crippen molar-refractivity contribution in [2.45, 2.75) is 37.6 Å². The van der Waals surface area contributed by atoms with Crippen LogP contribution in [0.25, 0.3) is 0 Å². The molecule has 3 heteroatoms. The average molecular weight is 287 g/mol. The topological polar surface area (TPSA) is 18.5 Å². The lowest BCUT2D eigenvalue weighted by Crippen LogP contribution is -2.28. The van der Waals surface area contributed by atoms with Gasteiger partial charge in [0.05, 0.1) is 0 Å². The first-order chi connectivity index (χ1) is 10.1. The Morgan fingerprint density at radius 1 is 1.05 bits per heavy atom. The maximum absolute atomic E-state index is 3.69. The normalized spacial score (nSPS) is 22.0. The largest absolute Gasteiger partial charge is 0.373 e. The third kappa shape index (κ3) is 3.58. The summed E-state index contributed by atoms with van der Waals surface area (Å²) in [4.78, 5) is 4.63. The lowest BCUT2D eigenvalue weighted by molar-refractivity contribution is 0.416. The third-order valence-corrected chi connectivity index (χ3v) is 4.85. The molecule has 0 aromatic heterocycles. The van der Waals surface area contributed by atoms with E-state index in [-0.39, 0.29) is 0 Å². The zero-order chi connectivity index (χ0) is 14.8. The van der Waals surface area contributed by atoms with Crippen molar-refractivity contribution < 1.29 is 0 Å². The van der Waals surface area contributed by atoms with E-state index in [4.69, 9.17) is 0 Å². The minimum Gasteiger partial charge on any atom is -0.373 e. The van der Waals surface area contributed by atoms with E-state index in [2.05, 4.69) is 54.5 Å². The molecule has 0 bridgehead atoms. The molecule has 2 aliphatic rings. The first-order valence-corrected chi connectivity index (χ1v) is 8.38. The summed E-state index contributed by atoms with van der Waals surface area (Å²) >= 11 is 0. The molecule has 1 aliphatic carbocycles. The Labute approximate surface area is 129 Å². The van der Waals surface area contributed by atoms with Crippen LogP contribution in [0.2, 0.25) is 0 Å². The van der Waals surface area contributed by atoms with E-state index in [1.165, 1.54) is 37.9 Å². The monoisotopic (exact) mass is 287 g/mol. The van der Waals surface area contributed by atoms with Crippen molar-refractivity contribution in [2.24, 2.45) is 0 Å². The highest BCUT2D eigenvalue weighted by atomic mass is 15.2. The highest BCUT2D eigenvalue weighted by Gasteiger charge is 2.29. The second-order valence-corrected chi connectivity index (χ2v) is 6.96. The fourth-order valence-corrected chi connectivity index (χ4v) is 3.30. The Kier molecular flexibility index (Phi) is 4.51. The number of anilines is 1. The van der Waals surface area contributed by atoms with Gasteiger partial charge in [0.15, 0.2) is 0 Å². The third-order valence-electron chi connectivity index (χ3n) is 4.85. The van der Waals surface area contributed by atoms with Crippen LogP contribution in [0, 0.1) is 0 Å². The number of likely N-dealkylation sites (N-methyl/N-ethyl adjacent to an activating group) is 2.